The van der Waals surface area contributed by atoms with Gasteiger partial charge in [-0.3, -0.25) is 0 Å². The molecule has 0 aliphatic carbocycles. The van der Waals surface area contributed by atoms with Gasteiger partial charge < -0.3 is 0 Å². The van der Waals surface area contributed by atoms with Gasteiger partial charge in [-0.25, -0.2) is 13.1 Å². The van der Waals surface area contributed by atoms with Crippen molar-refractivity contribution in [2.75, 3.05) is 6.54 Å². The van der Waals surface area contributed by atoms with E-state index >= 15 is 0 Å². The monoisotopic (exact) mass is 224 g/mol. The second kappa shape index (κ2) is 4.43. The first-order valence-corrected chi connectivity index (χ1v) is 6.00. The average molecular weight is 224 g/mol. The van der Waals surface area contributed by atoms with E-state index in [0.29, 0.717) is 17.7 Å². The van der Waals surface area contributed by atoms with E-state index in [4.69, 9.17) is 5.26 Å². The molecule has 0 aromatic heterocycles. The fraction of sp³-hybridized carbons (Fsp3) is 0.300. The molecule has 1 aromatic rings. The Kier molecular flexibility index (Phi) is 3.45. The molecule has 0 fully saturated rings. The molecule has 5 heteroatoms. The van der Waals surface area contributed by atoms with Gasteiger partial charge in [0.05, 0.1) is 16.5 Å². The van der Waals surface area contributed by atoms with Gasteiger partial charge in [-0.15, -0.1) is 0 Å². The zero-order valence-electron chi connectivity index (χ0n) is 8.61. The average Bonchev–Trinajstić information content (AvgIpc) is 2.17. The zero-order chi connectivity index (χ0) is 11.5. The minimum atomic E-state index is -3.42. The fourth-order valence-electron chi connectivity index (χ4n) is 1.20. The molecule has 4 nitrogen and oxygen atoms in total. The molecule has 0 bridgehead atoms. The van der Waals surface area contributed by atoms with Crippen LogP contribution < -0.4 is 4.72 Å². The van der Waals surface area contributed by atoms with Crippen molar-refractivity contribution in [2.45, 2.75) is 18.7 Å². The second-order valence-corrected chi connectivity index (χ2v) is 4.86. The highest BCUT2D eigenvalue weighted by atomic mass is 32.2. The van der Waals surface area contributed by atoms with Crippen LogP contribution in [0.5, 0.6) is 0 Å². The quantitative estimate of drug-likeness (QED) is 0.837. The summed E-state index contributed by atoms with van der Waals surface area (Å²) in [6.45, 7) is 3.78. The number of hydrogen-bond donors (Lipinski definition) is 1. The van der Waals surface area contributed by atoms with Gasteiger partial charge in [0.2, 0.25) is 10.0 Å². The highest BCUT2D eigenvalue weighted by molar-refractivity contribution is 7.89. The number of sulfonamides is 1. The van der Waals surface area contributed by atoms with Gasteiger partial charge in [0.25, 0.3) is 0 Å². The summed E-state index contributed by atoms with van der Waals surface area (Å²) in [6.07, 6.45) is 0. The molecule has 0 aliphatic rings. The highest BCUT2D eigenvalue weighted by Crippen LogP contribution is 2.14. The van der Waals surface area contributed by atoms with Crippen molar-refractivity contribution >= 4 is 10.0 Å². The molecule has 0 heterocycles. The van der Waals surface area contributed by atoms with Gasteiger partial charge in [-0.2, -0.15) is 5.26 Å². The van der Waals surface area contributed by atoms with Crippen molar-refractivity contribution in [3.05, 3.63) is 29.3 Å². The first-order chi connectivity index (χ1) is 7.01. The standard InChI is InChI=1S/C10H12N2O2S/c1-3-12-15(13,14)10-5-4-9(7-11)8(2)6-10/h4-6,12H,3H2,1-2H3. The summed E-state index contributed by atoms with van der Waals surface area (Å²) >= 11 is 0. The van der Waals surface area contributed by atoms with E-state index in [1.807, 2.05) is 6.07 Å². The van der Waals surface area contributed by atoms with Gasteiger partial charge in [0.15, 0.2) is 0 Å². The van der Waals surface area contributed by atoms with E-state index in [0.717, 1.165) is 0 Å². The second-order valence-electron chi connectivity index (χ2n) is 3.09. The third-order valence-electron chi connectivity index (χ3n) is 1.96. The number of nitrogens with zero attached hydrogens (tertiary/aromatic N) is 1. The Labute approximate surface area is 89.6 Å². The lowest BCUT2D eigenvalue weighted by atomic mass is 10.1. The van der Waals surface area contributed by atoms with Crippen LogP contribution >= 0.6 is 0 Å². The van der Waals surface area contributed by atoms with Crippen LogP contribution in [0, 0.1) is 18.3 Å². The summed E-state index contributed by atoms with van der Waals surface area (Å²) in [5.41, 5.74) is 1.15. The molecule has 0 unspecified atom stereocenters. The molecule has 1 rings (SSSR count). The van der Waals surface area contributed by atoms with E-state index < -0.39 is 10.0 Å². The molecule has 0 spiro atoms. The smallest absolute Gasteiger partial charge is 0.211 e. The summed E-state index contributed by atoms with van der Waals surface area (Å²) in [7, 11) is -3.42. The lowest BCUT2D eigenvalue weighted by Gasteiger charge is -2.05. The van der Waals surface area contributed by atoms with Gasteiger partial charge in [0.1, 0.15) is 0 Å². The van der Waals surface area contributed by atoms with Crippen LogP contribution in [0.1, 0.15) is 18.1 Å². The van der Waals surface area contributed by atoms with E-state index in [9.17, 15) is 8.42 Å². The van der Waals surface area contributed by atoms with E-state index in [1.54, 1.807) is 13.8 Å². The van der Waals surface area contributed by atoms with Crippen LogP contribution in [-0.2, 0) is 10.0 Å². The molecule has 1 aromatic carbocycles. The van der Waals surface area contributed by atoms with Gasteiger partial charge >= 0.3 is 0 Å². The zero-order valence-corrected chi connectivity index (χ0v) is 9.43. The topological polar surface area (TPSA) is 70.0 Å². The molecule has 0 saturated carbocycles. The van der Waals surface area contributed by atoms with Crippen molar-refractivity contribution < 1.29 is 8.42 Å². The molecule has 0 saturated heterocycles. The van der Waals surface area contributed by atoms with E-state index in [-0.39, 0.29) is 4.90 Å². The largest absolute Gasteiger partial charge is 0.240 e. The number of aryl methyl sites for hydroxylation is 1. The molecule has 0 amide bonds. The number of rotatable bonds is 3. The van der Waals surface area contributed by atoms with Crippen molar-refractivity contribution in [1.29, 1.82) is 5.26 Å². The third kappa shape index (κ3) is 2.55. The van der Waals surface area contributed by atoms with Crippen LogP contribution in [-0.4, -0.2) is 15.0 Å². The number of hydrogen-bond acceptors (Lipinski definition) is 3. The summed E-state index contributed by atoms with van der Waals surface area (Å²) in [6, 6.07) is 6.43. The maximum Gasteiger partial charge on any atom is 0.240 e. The molecule has 15 heavy (non-hydrogen) atoms. The summed E-state index contributed by atoms with van der Waals surface area (Å²) in [5.74, 6) is 0. The van der Waals surface area contributed by atoms with Crippen LogP contribution in [0.4, 0.5) is 0 Å². The Morgan fingerprint density at radius 3 is 2.60 bits per heavy atom. The van der Waals surface area contributed by atoms with Crippen LogP contribution in [0.3, 0.4) is 0 Å². The van der Waals surface area contributed by atoms with Crippen LogP contribution in [0.25, 0.3) is 0 Å². The molecule has 80 valence electrons. The molecule has 0 atom stereocenters. The predicted octanol–water partition coefficient (Wildman–Crippen LogP) is 1.16. The summed E-state index contributed by atoms with van der Waals surface area (Å²) < 4.78 is 25.6. The molecule has 0 radical (unpaired) electrons. The Morgan fingerprint density at radius 1 is 1.47 bits per heavy atom. The minimum absolute atomic E-state index is 0.195. The molecular formula is C10H12N2O2S. The Morgan fingerprint density at radius 2 is 2.13 bits per heavy atom. The van der Waals surface area contributed by atoms with Gasteiger partial charge in [-0.1, -0.05) is 6.92 Å². The Hall–Kier alpha value is -1.38. The third-order valence-corrected chi connectivity index (χ3v) is 3.51. The number of benzene rings is 1. The minimum Gasteiger partial charge on any atom is -0.211 e. The fourth-order valence-corrected chi connectivity index (χ4v) is 2.33. The number of nitrogens with one attached hydrogen (secondary N) is 1. The SMILES string of the molecule is CCNS(=O)(=O)c1ccc(C#N)c(C)c1. The predicted molar refractivity (Wildman–Crippen MR) is 56.8 cm³/mol. The Balaban J connectivity index is 3.20. The molecule has 0 aliphatic heterocycles. The molecular weight excluding hydrogens is 212 g/mol. The van der Waals surface area contributed by atoms with Crippen molar-refractivity contribution in [1.82, 2.24) is 4.72 Å². The summed E-state index contributed by atoms with van der Waals surface area (Å²) in [5, 5.41) is 8.70. The lowest BCUT2D eigenvalue weighted by Crippen LogP contribution is -2.23. The first-order valence-electron chi connectivity index (χ1n) is 4.51. The normalized spacial score (nSPS) is 11.0. The maximum atomic E-state index is 11.6. The maximum absolute atomic E-state index is 11.6. The van der Waals surface area contributed by atoms with E-state index in [1.165, 1.54) is 18.2 Å². The van der Waals surface area contributed by atoms with Crippen LogP contribution in [0.15, 0.2) is 23.1 Å². The molecule has 1 N–H and O–H groups in total. The van der Waals surface area contributed by atoms with E-state index in [2.05, 4.69) is 4.72 Å². The summed E-state index contributed by atoms with van der Waals surface area (Å²) in [4.78, 5) is 0.195. The Bertz CT molecular complexity index is 501. The van der Waals surface area contributed by atoms with Crippen LogP contribution in [0.2, 0.25) is 0 Å². The first kappa shape index (κ1) is 11.7. The van der Waals surface area contributed by atoms with Gasteiger partial charge in [-0.05, 0) is 30.7 Å². The highest BCUT2D eigenvalue weighted by Gasteiger charge is 2.13. The van der Waals surface area contributed by atoms with Gasteiger partial charge in [0, 0.05) is 6.54 Å². The number of nitriles is 1. The van der Waals surface area contributed by atoms with Crippen molar-refractivity contribution in [3.63, 3.8) is 0 Å². The van der Waals surface area contributed by atoms with Crippen molar-refractivity contribution in [3.8, 4) is 6.07 Å². The lowest BCUT2D eigenvalue weighted by molar-refractivity contribution is 0.584. The van der Waals surface area contributed by atoms with Crippen molar-refractivity contribution in [2.24, 2.45) is 0 Å².